The number of benzene rings is 2. The van der Waals surface area contributed by atoms with E-state index in [-0.39, 0.29) is 11.3 Å². The molecule has 5 heteroatoms. The second-order valence-corrected chi connectivity index (χ2v) is 4.59. The lowest BCUT2D eigenvalue weighted by Crippen LogP contribution is -2.24. The highest BCUT2D eigenvalue weighted by Crippen LogP contribution is 2.20. The molecule has 0 saturated carbocycles. The zero-order valence-corrected chi connectivity index (χ0v) is 11.7. The fourth-order valence-electron chi connectivity index (χ4n) is 1.92. The zero-order chi connectivity index (χ0) is 15.2. The standard InChI is InChI=1S/C16H17NO4/c1-17(12-5-4-6-13(18)11-12)9-10-21-15-8-3-2-7-14(15)16(19)20/h2-8,11,18H,9-10H2,1H3,(H,19,20). The molecule has 0 aromatic heterocycles. The summed E-state index contributed by atoms with van der Waals surface area (Å²) in [5.74, 6) is -0.447. The predicted molar refractivity (Wildman–Crippen MR) is 80.3 cm³/mol. The third kappa shape index (κ3) is 3.89. The van der Waals surface area contributed by atoms with Crippen molar-refractivity contribution in [3.05, 3.63) is 54.1 Å². The van der Waals surface area contributed by atoms with Gasteiger partial charge in [-0.1, -0.05) is 18.2 Å². The van der Waals surface area contributed by atoms with Gasteiger partial charge in [0.1, 0.15) is 23.7 Å². The minimum Gasteiger partial charge on any atom is -0.508 e. The quantitative estimate of drug-likeness (QED) is 0.854. The zero-order valence-electron chi connectivity index (χ0n) is 11.7. The Kier molecular flexibility index (Phi) is 4.66. The summed E-state index contributed by atoms with van der Waals surface area (Å²) < 4.78 is 5.54. The summed E-state index contributed by atoms with van der Waals surface area (Å²) in [6.07, 6.45) is 0. The number of aromatic carboxylic acids is 1. The topological polar surface area (TPSA) is 70.0 Å². The highest BCUT2D eigenvalue weighted by Gasteiger charge is 2.10. The van der Waals surface area contributed by atoms with Crippen molar-refractivity contribution in [1.29, 1.82) is 0 Å². The minimum atomic E-state index is -1.01. The number of phenols is 1. The molecule has 0 heterocycles. The Balaban J connectivity index is 1.94. The molecule has 0 atom stereocenters. The van der Waals surface area contributed by atoms with E-state index < -0.39 is 5.97 Å². The Labute approximate surface area is 123 Å². The van der Waals surface area contributed by atoms with Gasteiger partial charge in [-0.05, 0) is 24.3 Å². The smallest absolute Gasteiger partial charge is 0.339 e. The second kappa shape index (κ2) is 6.65. The monoisotopic (exact) mass is 287 g/mol. The van der Waals surface area contributed by atoms with Crippen LogP contribution in [-0.4, -0.2) is 36.4 Å². The van der Waals surface area contributed by atoms with Crippen molar-refractivity contribution in [3.63, 3.8) is 0 Å². The van der Waals surface area contributed by atoms with E-state index >= 15 is 0 Å². The number of ether oxygens (including phenoxy) is 1. The number of carboxylic acid groups (broad SMARTS) is 1. The first kappa shape index (κ1) is 14.7. The summed E-state index contributed by atoms with van der Waals surface area (Å²) in [5, 5.41) is 18.5. The molecule has 2 rings (SSSR count). The van der Waals surface area contributed by atoms with E-state index in [0.717, 1.165) is 5.69 Å². The van der Waals surface area contributed by atoms with Crippen LogP contribution in [-0.2, 0) is 0 Å². The van der Waals surface area contributed by atoms with Crippen molar-refractivity contribution in [2.24, 2.45) is 0 Å². The highest BCUT2D eigenvalue weighted by molar-refractivity contribution is 5.90. The van der Waals surface area contributed by atoms with Crippen LogP contribution in [0.4, 0.5) is 5.69 Å². The maximum Gasteiger partial charge on any atom is 0.339 e. The lowest BCUT2D eigenvalue weighted by Gasteiger charge is -2.20. The van der Waals surface area contributed by atoms with Crippen molar-refractivity contribution in [2.45, 2.75) is 0 Å². The number of hydrogen-bond donors (Lipinski definition) is 2. The number of nitrogens with zero attached hydrogens (tertiary/aromatic N) is 1. The molecular weight excluding hydrogens is 270 g/mol. The Hall–Kier alpha value is -2.69. The van der Waals surface area contributed by atoms with Crippen LogP contribution >= 0.6 is 0 Å². The molecule has 110 valence electrons. The van der Waals surface area contributed by atoms with Crippen LogP contribution in [0.15, 0.2) is 48.5 Å². The molecule has 2 aromatic carbocycles. The van der Waals surface area contributed by atoms with Crippen molar-refractivity contribution in [1.82, 2.24) is 0 Å². The van der Waals surface area contributed by atoms with Gasteiger partial charge in [-0.15, -0.1) is 0 Å². The molecule has 0 bridgehead atoms. The van der Waals surface area contributed by atoms with Crippen molar-refractivity contribution in [3.8, 4) is 11.5 Å². The van der Waals surface area contributed by atoms with Crippen LogP contribution < -0.4 is 9.64 Å². The first-order valence-electron chi connectivity index (χ1n) is 6.53. The Morgan fingerprint density at radius 1 is 1.19 bits per heavy atom. The van der Waals surface area contributed by atoms with Gasteiger partial charge in [-0.25, -0.2) is 4.79 Å². The number of likely N-dealkylation sites (N-methyl/N-ethyl adjacent to an activating group) is 1. The molecule has 0 unspecified atom stereocenters. The maximum atomic E-state index is 11.1. The van der Waals surface area contributed by atoms with Gasteiger partial charge in [0.25, 0.3) is 0 Å². The molecule has 2 aromatic rings. The largest absolute Gasteiger partial charge is 0.508 e. The third-order valence-electron chi connectivity index (χ3n) is 3.07. The molecule has 5 nitrogen and oxygen atoms in total. The van der Waals surface area contributed by atoms with E-state index in [1.54, 1.807) is 36.4 Å². The van der Waals surface area contributed by atoms with Gasteiger partial charge in [0.15, 0.2) is 0 Å². The van der Waals surface area contributed by atoms with Crippen LogP contribution in [0.5, 0.6) is 11.5 Å². The van der Waals surface area contributed by atoms with E-state index in [9.17, 15) is 9.90 Å². The van der Waals surface area contributed by atoms with Gasteiger partial charge in [0.05, 0.1) is 6.54 Å². The summed E-state index contributed by atoms with van der Waals surface area (Å²) in [4.78, 5) is 13.0. The number of anilines is 1. The summed E-state index contributed by atoms with van der Waals surface area (Å²) in [7, 11) is 1.88. The maximum absolute atomic E-state index is 11.1. The third-order valence-corrected chi connectivity index (χ3v) is 3.07. The van der Waals surface area contributed by atoms with Crippen LogP contribution in [0, 0.1) is 0 Å². The van der Waals surface area contributed by atoms with Crippen LogP contribution in [0.2, 0.25) is 0 Å². The van der Waals surface area contributed by atoms with Crippen LogP contribution in [0.1, 0.15) is 10.4 Å². The predicted octanol–water partition coefficient (Wildman–Crippen LogP) is 2.61. The van der Waals surface area contributed by atoms with Gasteiger partial charge in [-0.3, -0.25) is 0 Å². The number of para-hydroxylation sites is 1. The fraction of sp³-hybridized carbons (Fsp3) is 0.188. The fourth-order valence-corrected chi connectivity index (χ4v) is 1.92. The number of carbonyl (C=O) groups is 1. The molecule has 0 radical (unpaired) electrons. The number of phenolic OH excluding ortho intramolecular Hbond substituents is 1. The van der Waals surface area contributed by atoms with Crippen LogP contribution in [0.3, 0.4) is 0 Å². The summed E-state index contributed by atoms with van der Waals surface area (Å²) in [6, 6.07) is 13.5. The lowest BCUT2D eigenvalue weighted by molar-refractivity contribution is 0.0692. The number of rotatable bonds is 6. The lowest BCUT2D eigenvalue weighted by atomic mass is 10.2. The Morgan fingerprint density at radius 3 is 2.67 bits per heavy atom. The van der Waals surface area contributed by atoms with Gasteiger partial charge in [0.2, 0.25) is 0 Å². The highest BCUT2D eigenvalue weighted by atomic mass is 16.5. The first-order valence-corrected chi connectivity index (χ1v) is 6.53. The molecule has 0 aliphatic heterocycles. The molecule has 0 aliphatic carbocycles. The molecule has 0 saturated heterocycles. The Bertz CT molecular complexity index is 627. The average Bonchev–Trinajstić information content (AvgIpc) is 2.47. The molecule has 0 aliphatic rings. The van der Waals surface area contributed by atoms with E-state index in [1.807, 2.05) is 18.0 Å². The number of hydrogen-bond acceptors (Lipinski definition) is 4. The first-order chi connectivity index (χ1) is 10.1. The molecule has 0 fully saturated rings. The molecule has 21 heavy (non-hydrogen) atoms. The van der Waals surface area contributed by atoms with Gasteiger partial charge < -0.3 is 19.8 Å². The van der Waals surface area contributed by atoms with Crippen molar-refractivity contribution >= 4 is 11.7 Å². The molecule has 2 N–H and O–H groups in total. The van der Waals surface area contributed by atoms with Gasteiger partial charge >= 0.3 is 5.97 Å². The van der Waals surface area contributed by atoms with E-state index in [4.69, 9.17) is 9.84 Å². The molecule has 0 spiro atoms. The van der Waals surface area contributed by atoms with E-state index in [2.05, 4.69) is 0 Å². The average molecular weight is 287 g/mol. The summed E-state index contributed by atoms with van der Waals surface area (Å²) in [6.45, 7) is 0.911. The van der Waals surface area contributed by atoms with Gasteiger partial charge in [0, 0.05) is 18.8 Å². The van der Waals surface area contributed by atoms with Crippen molar-refractivity contribution < 1.29 is 19.7 Å². The normalized spacial score (nSPS) is 10.1. The minimum absolute atomic E-state index is 0.150. The SMILES string of the molecule is CN(CCOc1ccccc1C(=O)O)c1cccc(O)c1. The van der Waals surface area contributed by atoms with E-state index in [0.29, 0.717) is 18.9 Å². The van der Waals surface area contributed by atoms with Crippen LogP contribution in [0.25, 0.3) is 0 Å². The van der Waals surface area contributed by atoms with Crippen molar-refractivity contribution in [2.75, 3.05) is 25.1 Å². The Morgan fingerprint density at radius 2 is 1.95 bits per heavy atom. The van der Waals surface area contributed by atoms with E-state index in [1.165, 1.54) is 6.07 Å². The molecular formula is C16H17NO4. The summed E-state index contributed by atoms with van der Waals surface area (Å²) >= 11 is 0. The van der Waals surface area contributed by atoms with Gasteiger partial charge in [-0.2, -0.15) is 0 Å². The second-order valence-electron chi connectivity index (χ2n) is 4.59. The number of aromatic hydroxyl groups is 1. The molecule has 0 amide bonds. The number of carboxylic acids is 1. The summed E-state index contributed by atoms with van der Waals surface area (Å²) in [5.41, 5.74) is 1.02.